The Morgan fingerprint density at radius 3 is 2.96 bits per heavy atom. The molecule has 2 aromatic rings. The molecule has 0 unspecified atom stereocenters. The van der Waals surface area contributed by atoms with Crippen LogP contribution in [0.4, 0.5) is 0 Å². The molecule has 0 bridgehead atoms. The van der Waals surface area contributed by atoms with Gasteiger partial charge in [0, 0.05) is 31.0 Å². The van der Waals surface area contributed by atoms with E-state index in [0.717, 1.165) is 25.9 Å². The van der Waals surface area contributed by atoms with Gasteiger partial charge in [-0.05, 0) is 31.5 Å². The second kappa shape index (κ2) is 9.05. The number of benzene rings is 1. The van der Waals surface area contributed by atoms with Crippen LogP contribution in [0.5, 0.6) is 11.5 Å². The van der Waals surface area contributed by atoms with Crippen molar-refractivity contribution in [3.05, 3.63) is 23.0 Å². The van der Waals surface area contributed by atoms with Crippen LogP contribution in [0, 0.1) is 0 Å². The highest BCUT2D eigenvalue weighted by Crippen LogP contribution is 2.38. The predicted molar refractivity (Wildman–Crippen MR) is 100 cm³/mol. The number of rotatable bonds is 7. The fourth-order valence-electron chi connectivity index (χ4n) is 3.02. The largest absolute Gasteiger partial charge is 0.493 e. The molecule has 1 amide bonds. The molecular weight excluding hydrogens is 372 g/mol. The summed E-state index contributed by atoms with van der Waals surface area (Å²) in [5.74, 6) is 1.68. The molecule has 1 aromatic carbocycles. The number of ether oxygens (including phenoxy) is 2. The lowest BCUT2D eigenvalue weighted by atomic mass is 10.1. The zero-order valence-corrected chi connectivity index (χ0v) is 16.1. The van der Waals surface area contributed by atoms with Crippen LogP contribution in [0.15, 0.2) is 16.7 Å². The molecule has 27 heavy (non-hydrogen) atoms. The van der Waals surface area contributed by atoms with Crippen molar-refractivity contribution < 1.29 is 18.8 Å². The van der Waals surface area contributed by atoms with Gasteiger partial charge in [-0.3, -0.25) is 4.79 Å². The number of nitrogens with zero attached hydrogens (tertiary/aromatic N) is 2. The molecule has 0 aliphatic carbocycles. The van der Waals surface area contributed by atoms with E-state index in [4.69, 9.17) is 25.6 Å². The summed E-state index contributed by atoms with van der Waals surface area (Å²) < 4.78 is 15.8. The molecule has 2 heterocycles. The van der Waals surface area contributed by atoms with E-state index in [2.05, 4.69) is 20.8 Å². The summed E-state index contributed by atoms with van der Waals surface area (Å²) in [5.41, 5.74) is 0.644. The molecule has 1 fully saturated rings. The van der Waals surface area contributed by atoms with E-state index in [-0.39, 0.29) is 11.9 Å². The fourth-order valence-corrected chi connectivity index (χ4v) is 3.30. The van der Waals surface area contributed by atoms with E-state index < -0.39 is 0 Å². The van der Waals surface area contributed by atoms with E-state index in [0.29, 0.717) is 46.6 Å². The third-order valence-electron chi connectivity index (χ3n) is 4.39. The van der Waals surface area contributed by atoms with Crippen molar-refractivity contribution in [3.63, 3.8) is 0 Å². The summed E-state index contributed by atoms with van der Waals surface area (Å²) in [6.45, 7) is 1.83. The highest BCUT2D eigenvalue weighted by molar-refractivity contribution is 6.32. The Bertz CT molecular complexity index is 790. The normalized spacial score (nSPS) is 16.8. The molecular formula is C18H23ClN4O4. The van der Waals surface area contributed by atoms with E-state index in [1.165, 1.54) is 14.2 Å². The Balaban J connectivity index is 1.61. The second-order valence-corrected chi connectivity index (χ2v) is 6.72. The molecule has 0 spiro atoms. The van der Waals surface area contributed by atoms with Crippen LogP contribution in [-0.4, -0.2) is 49.4 Å². The number of nitrogens with one attached hydrogen (secondary N) is 2. The van der Waals surface area contributed by atoms with Gasteiger partial charge in [-0.15, -0.1) is 0 Å². The van der Waals surface area contributed by atoms with Gasteiger partial charge < -0.3 is 24.6 Å². The van der Waals surface area contributed by atoms with Crippen LogP contribution in [0.25, 0.3) is 11.4 Å². The Morgan fingerprint density at radius 2 is 2.26 bits per heavy atom. The van der Waals surface area contributed by atoms with Crippen molar-refractivity contribution in [1.82, 2.24) is 20.8 Å². The molecule has 1 saturated heterocycles. The summed E-state index contributed by atoms with van der Waals surface area (Å²) in [5, 5.41) is 10.7. The van der Waals surface area contributed by atoms with Crippen molar-refractivity contribution in [2.75, 3.05) is 27.3 Å². The molecule has 1 aliphatic heterocycles. The lowest BCUT2D eigenvalue weighted by molar-refractivity contribution is -0.121. The Hall–Kier alpha value is -2.32. The number of aryl methyl sites for hydroxylation is 1. The van der Waals surface area contributed by atoms with Gasteiger partial charge in [0.25, 0.3) is 0 Å². The number of carbonyl (C=O) groups excluding carboxylic acids is 1. The van der Waals surface area contributed by atoms with Crippen LogP contribution >= 0.6 is 11.6 Å². The number of amides is 1. The quantitative estimate of drug-likeness (QED) is 0.742. The lowest BCUT2D eigenvalue weighted by Gasteiger charge is -2.23. The van der Waals surface area contributed by atoms with Crippen molar-refractivity contribution in [1.29, 1.82) is 0 Å². The maximum absolute atomic E-state index is 12.1. The molecule has 1 aromatic heterocycles. The number of halogens is 1. The van der Waals surface area contributed by atoms with Gasteiger partial charge >= 0.3 is 0 Å². The summed E-state index contributed by atoms with van der Waals surface area (Å²) in [7, 11) is 3.05. The van der Waals surface area contributed by atoms with Crippen molar-refractivity contribution in [2.24, 2.45) is 0 Å². The summed E-state index contributed by atoms with van der Waals surface area (Å²) in [4.78, 5) is 16.4. The molecule has 0 saturated carbocycles. The molecule has 8 nitrogen and oxygen atoms in total. The van der Waals surface area contributed by atoms with Gasteiger partial charge in [0.2, 0.25) is 17.6 Å². The minimum Gasteiger partial charge on any atom is -0.493 e. The molecule has 3 rings (SSSR count). The minimum atomic E-state index is -0.0161. The topological polar surface area (TPSA) is 98.5 Å². The van der Waals surface area contributed by atoms with Gasteiger partial charge in [-0.25, -0.2) is 0 Å². The molecule has 1 atom stereocenters. The molecule has 1 aliphatic rings. The van der Waals surface area contributed by atoms with Crippen LogP contribution in [0.3, 0.4) is 0 Å². The monoisotopic (exact) mass is 394 g/mol. The molecule has 9 heteroatoms. The van der Waals surface area contributed by atoms with Gasteiger partial charge in [0.1, 0.15) is 0 Å². The molecule has 146 valence electrons. The van der Waals surface area contributed by atoms with Crippen LogP contribution in [-0.2, 0) is 11.2 Å². The van der Waals surface area contributed by atoms with E-state index in [9.17, 15) is 4.79 Å². The van der Waals surface area contributed by atoms with E-state index in [1.807, 2.05) is 0 Å². The highest BCUT2D eigenvalue weighted by Gasteiger charge is 2.18. The maximum atomic E-state index is 12.1. The summed E-state index contributed by atoms with van der Waals surface area (Å²) >= 11 is 6.22. The Kier molecular flexibility index (Phi) is 6.52. The Morgan fingerprint density at radius 1 is 1.41 bits per heavy atom. The first-order valence-corrected chi connectivity index (χ1v) is 9.23. The van der Waals surface area contributed by atoms with Gasteiger partial charge in [0.05, 0.1) is 19.2 Å². The first kappa shape index (κ1) is 19.4. The lowest BCUT2D eigenvalue weighted by Crippen LogP contribution is -2.45. The smallest absolute Gasteiger partial charge is 0.227 e. The van der Waals surface area contributed by atoms with Crippen molar-refractivity contribution in [3.8, 4) is 22.9 Å². The highest BCUT2D eigenvalue weighted by atomic mass is 35.5. The van der Waals surface area contributed by atoms with Crippen LogP contribution in [0.2, 0.25) is 5.02 Å². The predicted octanol–water partition coefficient (Wildman–Crippen LogP) is 2.21. The number of hydrogen-bond acceptors (Lipinski definition) is 7. The summed E-state index contributed by atoms with van der Waals surface area (Å²) in [6.07, 6.45) is 2.75. The van der Waals surface area contributed by atoms with Gasteiger partial charge in [-0.2, -0.15) is 4.98 Å². The SMILES string of the molecule is COc1cc(-c2noc(CCC(=O)N[C@H]3CCCNC3)n2)cc(Cl)c1OC. The Labute approximate surface area is 162 Å². The number of aromatic nitrogens is 2. The minimum absolute atomic E-state index is 0.0161. The number of carbonyl (C=O) groups is 1. The number of hydrogen-bond donors (Lipinski definition) is 2. The standard InChI is InChI=1S/C18H23ClN4O4/c1-25-14-9-11(8-13(19)17(14)26-2)18-22-16(27-23-18)6-5-15(24)21-12-4-3-7-20-10-12/h8-9,12,20H,3-7,10H2,1-2H3,(H,21,24)/t12-/m0/s1. The van der Waals surface area contributed by atoms with Crippen LogP contribution < -0.4 is 20.1 Å². The average molecular weight is 395 g/mol. The second-order valence-electron chi connectivity index (χ2n) is 6.32. The van der Waals surface area contributed by atoms with Crippen molar-refractivity contribution >= 4 is 17.5 Å². The first-order chi connectivity index (χ1) is 13.1. The van der Waals surface area contributed by atoms with Gasteiger partial charge in [-0.1, -0.05) is 16.8 Å². The number of piperidine rings is 1. The van der Waals surface area contributed by atoms with E-state index >= 15 is 0 Å². The first-order valence-electron chi connectivity index (χ1n) is 8.85. The number of methoxy groups -OCH3 is 2. The maximum Gasteiger partial charge on any atom is 0.227 e. The van der Waals surface area contributed by atoms with E-state index in [1.54, 1.807) is 12.1 Å². The van der Waals surface area contributed by atoms with Gasteiger partial charge in [0.15, 0.2) is 11.5 Å². The zero-order valence-electron chi connectivity index (χ0n) is 15.4. The summed E-state index contributed by atoms with van der Waals surface area (Å²) in [6, 6.07) is 3.60. The fraction of sp³-hybridized carbons (Fsp3) is 0.500. The molecule has 2 N–H and O–H groups in total. The molecule has 0 radical (unpaired) electrons. The average Bonchev–Trinajstić information content (AvgIpc) is 3.15. The third-order valence-corrected chi connectivity index (χ3v) is 4.67. The third kappa shape index (κ3) is 4.90. The van der Waals surface area contributed by atoms with Crippen molar-refractivity contribution in [2.45, 2.75) is 31.7 Å². The van der Waals surface area contributed by atoms with Crippen LogP contribution in [0.1, 0.15) is 25.2 Å². The zero-order chi connectivity index (χ0) is 19.2.